The molecule has 0 fully saturated rings. The molecule has 2 atom stereocenters. The number of rotatable bonds is 10. The molecule has 0 spiro atoms. The van der Waals surface area contributed by atoms with Crippen molar-refractivity contribution in [3.05, 3.63) is 72.3 Å². The van der Waals surface area contributed by atoms with Gasteiger partial charge in [-0.25, -0.2) is 4.79 Å². The highest BCUT2D eigenvalue weighted by molar-refractivity contribution is 6.00. The summed E-state index contributed by atoms with van der Waals surface area (Å²) >= 11 is 0. The van der Waals surface area contributed by atoms with E-state index in [4.69, 9.17) is 19.3 Å². The Kier molecular flexibility index (Phi) is 8.23. The Morgan fingerprint density at radius 1 is 0.968 bits per heavy atom. The molecular weight excluding hydrogens is 398 g/mol. The van der Waals surface area contributed by atoms with E-state index in [2.05, 4.69) is 5.32 Å². The normalized spacial score (nSPS) is 12.9. The van der Waals surface area contributed by atoms with E-state index in [0.717, 1.165) is 10.8 Å². The average molecular weight is 425 g/mol. The molecule has 3 aromatic rings. The number of fused-ring (bicyclic) bond motifs is 1. The SMILES string of the molecule is CO[C@@H](CCO)[C@@H](OC(=O)Nc1cccc2ccccc12)c1ccccc1OCCO. The number of para-hydroxylation sites is 1. The predicted octanol–water partition coefficient (Wildman–Crippen LogP) is 3.90. The Bertz CT molecular complexity index is 987. The summed E-state index contributed by atoms with van der Waals surface area (Å²) in [5, 5.41) is 23.3. The molecule has 0 saturated carbocycles. The zero-order valence-corrected chi connectivity index (χ0v) is 17.4. The summed E-state index contributed by atoms with van der Waals surface area (Å²) < 4.78 is 16.9. The maximum atomic E-state index is 12.9. The van der Waals surface area contributed by atoms with Crippen molar-refractivity contribution in [3.63, 3.8) is 0 Å². The average Bonchev–Trinajstić information content (AvgIpc) is 2.80. The topological polar surface area (TPSA) is 97.2 Å². The summed E-state index contributed by atoms with van der Waals surface area (Å²) in [5.74, 6) is 0.472. The van der Waals surface area contributed by atoms with Crippen molar-refractivity contribution in [2.24, 2.45) is 0 Å². The molecule has 0 heterocycles. The minimum atomic E-state index is -0.831. The third-order valence-corrected chi connectivity index (χ3v) is 4.89. The van der Waals surface area contributed by atoms with Crippen LogP contribution < -0.4 is 10.1 Å². The number of hydrogen-bond donors (Lipinski definition) is 3. The predicted molar refractivity (Wildman–Crippen MR) is 118 cm³/mol. The van der Waals surface area contributed by atoms with Gasteiger partial charge in [0.25, 0.3) is 0 Å². The molecule has 3 rings (SSSR count). The van der Waals surface area contributed by atoms with Crippen molar-refractivity contribution in [2.45, 2.75) is 18.6 Å². The smallest absolute Gasteiger partial charge is 0.412 e. The molecule has 0 aliphatic rings. The van der Waals surface area contributed by atoms with E-state index in [9.17, 15) is 9.90 Å². The fourth-order valence-corrected chi connectivity index (χ4v) is 3.45. The van der Waals surface area contributed by atoms with Crippen molar-refractivity contribution in [2.75, 3.05) is 32.2 Å². The number of methoxy groups -OCH3 is 1. The molecule has 7 heteroatoms. The van der Waals surface area contributed by atoms with Crippen LogP contribution in [0.1, 0.15) is 18.1 Å². The first-order chi connectivity index (χ1) is 15.2. The monoisotopic (exact) mass is 425 g/mol. The van der Waals surface area contributed by atoms with Gasteiger partial charge in [0, 0.05) is 31.1 Å². The van der Waals surface area contributed by atoms with E-state index >= 15 is 0 Å². The van der Waals surface area contributed by atoms with Gasteiger partial charge < -0.3 is 24.4 Å². The number of hydrogen-bond acceptors (Lipinski definition) is 6. The number of benzene rings is 3. The number of aliphatic hydroxyl groups is 2. The number of amides is 1. The summed E-state index contributed by atoms with van der Waals surface area (Å²) in [6.07, 6.45) is -1.82. The number of nitrogens with one attached hydrogen (secondary N) is 1. The molecule has 1 amide bonds. The highest BCUT2D eigenvalue weighted by Gasteiger charge is 2.29. The molecule has 0 saturated heterocycles. The van der Waals surface area contributed by atoms with Crippen LogP contribution in [0.15, 0.2) is 66.7 Å². The molecule has 7 nitrogen and oxygen atoms in total. The Morgan fingerprint density at radius 2 is 1.71 bits per heavy atom. The van der Waals surface area contributed by atoms with Crippen molar-refractivity contribution in [1.29, 1.82) is 0 Å². The van der Waals surface area contributed by atoms with Crippen molar-refractivity contribution in [1.82, 2.24) is 0 Å². The summed E-state index contributed by atoms with van der Waals surface area (Å²) in [4.78, 5) is 12.9. The first-order valence-electron chi connectivity index (χ1n) is 10.1. The van der Waals surface area contributed by atoms with Gasteiger partial charge in [-0.3, -0.25) is 5.32 Å². The fraction of sp³-hybridized carbons (Fsp3) is 0.292. The Morgan fingerprint density at radius 3 is 2.48 bits per heavy atom. The van der Waals surface area contributed by atoms with Gasteiger partial charge in [0.2, 0.25) is 0 Å². The van der Waals surface area contributed by atoms with E-state index < -0.39 is 18.3 Å². The van der Waals surface area contributed by atoms with Gasteiger partial charge in [-0.05, 0) is 17.5 Å². The molecular formula is C24H27NO6. The number of anilines is 1. The number of carbonyl (C=O) groups is 1. The van der Waals surface area contributed by atoms with Crippen LogP contribution in [0.2, 0.25) is 0 Å². The highest BCUT2D eigenvalue weighted by Crippen LogP contribution is 2.33. The third kappa shape index (κ3) is 5.73. The first-order valence-corrected chi connectivity index (χ1v) is 10.1. The van der Waals surface area contributed by atoms with Crippen LogP contribution in [0, 0.1) is 0 Å². The summed E-state index contributed by atoms with van der Waals surface area (Å²) in [6, 6.07) is 20.4. The zero-order valence-electron chi connectivity index (χ0n) is 17.4. The molecule has 0 aliphatic carbocycles. The fourth-order valence-electron chi connectivity index (χ4n) is 3.45. The van der Waals surface area contributed by atoms with E-state index in [1.54, 1.807) is 30.3 Å². The Labute approximate surface area is 181 Å². The van der Waals surface area contributed by atoms with Gasteiger partial charge in [0.1, 0.15) is 18.5 Å². The molecule has 0 bridgehead atoms. The standard InChI is InChI=1S/C24H27NO6/c1-29-22(13-14-26)23(19-10-4-5-12-21(19)30-16-15-27)31-24(28)25-20-11-6-8-17-7-2-3-9-18(17)20/h2-12,22-23,26-27H,13-16H2,1H3,(H,25,28)/t22-,23-/m0/s1. The lowest BCUT2D eigenvalue weighted by Gasteiger charge is -2.27. The van der Waals surface area contributed by atoms with E-state index in [-0.39, 0.29) is 26.2 Å². The largest absolute Gasteiger partial charge is 0.491 e. The molecule has 0 aromatic heterocycles. The van der Waals surface area contributed by atoms with Crippen molar-refractivity contribution >= 4 is 22.6 Å². The zero-order chi connectivity index (χ0) is 22.1. The first kappa shape index (κ1) is 22.6. The van der Waals surface area contributed by atoms with Crippen LogP contribution >= 0.6 is 0 Å². The van der Waals surface area contributed by atoms with Gasteiger partial charge >= 0.3 is 6.09 Å². The second-order valence-electron chi connectivity index (χ2n) is 6.87. The summed E-state index contributed by atoms with van der Waals surface area (Å²) in [6.45, 7) is -0.182. The quantitative estimate of drug-likeness (QED) is 0.456. The maximum absolute atomic E-state index is 12.9. The van der Waals surface area contributed by atoms with Crippen LogP contribution in [-0.2, 0) is 9.47 Å². The van der Waals surface area contributed by atoms with Crippen molar-refractivity contribution < 1.29 is 29.2 Å². The van der Waals surface area contributed by atoms with Crippen LogP contribution in [0.5, 0.6) is 5.75 Å². The van der Waals surface area contributed by atoms with E-state index in [1.165, 1.54) is 7.11 Å². The lowest BCUT2D eigenvalue weighted by atomic mass is 10.0. The number of carbonyl (C=O) groups excluding carboxylic acids is 1. The third-order valence-electron chi connectivity index (χ3n) is 4.89. The molecule has 0 radical (unpaired) electrons. The van der Waals surface area contributed by atoms with Gasteiger partial charge in [0.05, 0.1) is 12.3 Å². The van der Waals surface area contributed by atoms with Crippen molar-refractivity contribution in [3.8, 4) is 5.75 Å². The Balaban J connectivity index is 1.87. The number of aliphatic hydroxyl groups excluding tert-OH is 2. The highest BCUT2D eigenvalue weighted by atomic mass is 16.6. The lowest BCUT2D eigenvalue weighted by Crippen LogP contribution is -2.29. The van der Waals surface area contributed by atoms with E-state index in [1.807, 2.05) is 36.4 Å². The van der Waals surface area contributed by atoms with Crippen LogP contribution in [0.4, 0.5) is 10.5 Å². The van der Waals surface area contributed by atoms with Crippen LogP contribution in [0.3, 0.4) is 0 Å². The van der Waals surface area contributed by atoms with Gasteiger partial charge in [-0.1, -0.05) is 54.6 Å². The van der Waals surface area contributed by atoms with Gasteiger partial charge in [-0.2, -0.15) is 0 Å². The summed E-state index contributed by atoms with van der Waals surface area (Å²) in [7, 11) is 1.50. The molecule has 0 aliphatic heterocycles. The van der Waals surface area contributed by atoms with Crippen LogP contribution in [-0.4, -0.2) is 49.3 Å². The summed E-state index contributed by atoms with van der Waals surface area (Å²) in [5.41, 5.74) is 1.21. The molecule has 164 valence electrons. The molecule has 3 aromatic carbocycles. The second-order valence-corrected chi connectivity index (χ2v) is 6.87. The lowest BCUT2D eigenvalue weighted by molar-refractivity contribution is -0.0316. The van der Waals surface area contributed by atoms with Gasteiger partial charge in [-0.15, -0.1) is 0 Å². The van der Waals surface area contributed by atoms with E-state index in [0.29, 0.717) is 17.0 Å². The van der Waals surface area contributed by atoms with Crippen LogP contribution in [0.25, 0.3) is 10.8 Å². The maximum Gasteiger partial charge on any atom is 0.412 e. The number of ether oxygens (including phenoxy) is 3. The Hall–Kier alpha value is -3.13. The van der Waals surface area contributed by atoms with Gasteiger partial charge in [0.15, 0.2) is 6.10 Å². The molecule has 0 unspecified atom stereocenters. The minimum Gasteiger partial charge on any atom is -0.491 e. The molecule has 31 heavy (non-hydrogen) atoms. The second kappa shape index (κ2) is 11.3. The minimum absolute atomic E-state index is 0.101. The molecule has 3 N–H and O–H groups in total.